The van der Waals surface area contributed by atoms with Gasteiger partial charge in [-0.05, 0) is 58.6 Å². The van der Waals surface area contributed by atoms with E-state index in [9.17, 15) is 0 Å². The first-order valence-corrected chi connectivity index (χ1v) is 7.29. The SMILES string of the molecule is CN(C)CCCNC1CCN(c2ccncc2)CC1. The molecule has 19 heavy (non-hydrogen) atoms. The van der Waals surface area contributed by atoms with Crippen LogP contribution in [0.5, 0.6) is 0 Å². The fraction of sp³-hybridized carbons (Fsp3) is 0.667. The van der Waals surface area contributed by atoms with Crippen molar-refractivity contribution in [1.29, 1.82) is 0 Å². The van der Waals surface area contributed by atoms with E-state index < -0.39 is 0 Å². The van der Waals surface area contributed by atoms with Gasteiger partial charge < -0.3 is 15.1 Å². The van der Waals surface area contributed by atoms with Crippen LogP contribution >= 0.6 is 0 Å². The van der Waals surface area contributed by atoms with Crippen LogP contribution in [-0.4, -0.2) is 56.2 Å². The smallest absolute Gasteiger partial charge is 0.0397 e. The maximum Gasteiger partial charge on any atom is 0.0397 e. The average molecular weight is 262 g/mol. The van der Waals surface area contributed by atoms with Crippen LogP contribution in [0.15, 0.2) is 24.5 Å². The van der Waals surface area contributed by atoms with Crippen LogP contribution < -0.4 is 10.2 Å². The zero-order chi connectivity index (χ0) is 13.5. The van der Waals surface area contributed by atoms with Gasteiger partial charge in [-0.25, -0.2) is 0 Å². The number of aromatic nitrogens is 1. The summed E-state index contributed by atoms with van der Waals surface area (Å²) in [6, 6.07) is 4.90. The molecule has 0 aliphatic carbocycles. The quantitative estimate of drug-likeness (QED) is 0.789. The number of pyridine rings is 1. The molecule has 4 nitrogen and oxygen atoms in total. The Kier molecular flexibility index (Phi) is 5.61. The molecule has 1 saturated heterocycles. The molecule has 1 aliphatic heterocycles. The summed E-state index contributed by atoms with van der Waals surface area (Å²) in [5.74, 6) is 0. The molecule has 1 N–H and O–H groups in total. The van der Waals surface area contributed by atoms with Crippen LogP contribution in [-0.2, 0) is 0 Å². The van der Waals surface area contributed by atoms with Gasteiger partial charge in [0.25, 0.3) is 0 Å². The van der Waals surface area contributed by atoms with Gasteiger partial charge in [-0.15, -0.1) is 0 Å². The lowest BCUT2D eigenvalue weighted by Gasteiger charge is -2.34. The molecule has 0 unspecified atom stereocenters. The first kappa shape index (κ1) is 14.3. The molecule has 1 aliphatic rings. The molecule has 0 aromatic carbocycles. The first-order valence-electron chi connectivity index (χ1n) is 7.29. The molecule has 0 bridgehead atoms. The van der Waals surface area contributed by atoms with Gasteiger partial charge in [0.2, 0.25) is 0 Å². The van der Waals surface area contributed by atoms with Gasteiger partial charge >= 0.3 is 0 Å². The lowest BCUT2D eigenvalue weighted by atomic mass is 10.0. The van der Waals surface area contributed by atoms with E-state index in [1.165, 1.54) is 31.5 Å². The second-order valence-corrected chi connectivity index (χ2v) is 5.58. The molecule has 0 amide bonds. The van der Waals surface area contributed by atoms with Crippen LogP contribution in [0.1, 0.15) is 19.3 Å². The van der Waals surface area contributed by atoms with E-state index in [1.54, 1.807) is 0 Å². The Morgan fingerprint density at radius 2 is 1.95 bits per heavy atom. The summed E-state index contributed by atoms with van der Waals surface area (Å²) in [5, 5.41) is 3.68. The summed E-state index contributed by atoms with van der Waals surface area (Å²) >= 11 is 0. The Bertz CT molecular complexity index is 344. The lowest BCUT2D eigenvalue weighted by Crippen LogP contribution is -2.43. The van der Waals surface area contributed by atoms with Crippen LogP contribution in [0.4, 0.5) is 5.69 Å². The van der Waals surface area contributed by atoms with Crippen molar-refractivity contribution in [2.75, 3.05) is 45.2 Å². The fourth-order valence-corrected chi connectivity index (χ4v) is 2.60. The minimum atomic E-state index is 0.695. The second kappa shape index (κ2) is 7.46. The Hall–Kier alpha value is -1.13. The van der Waals surface area contributed by atoms with Crippen LogP contribution in [0.25, 0.3) is 0 Å². The number of hydrogen-bond donors (Lipinski definition) is 1. The van der Waals surface area contributed by atoms with Crippen molar-refractivity contribution in [3.8, 4) is 0 Å². The van der Waals surface area contributed by atoms with Gasteiger partial charge in [-0.2, -0.15) is 0 Å². The van der Waals surface area contributed by atoms with E-state index in [0.29, 0.717) is 6.04 Å². The molecule has 2 rings (SSSR count). The molecule has 1 fully saturated rings. The van der Waals surface area contributed by atoms with Gasteiger partial charge in [-0.1, -0.05) is 0 Å². The maximum atomic E-state index is 4.08. The van der Waals surface area contributed by atoms with Crippen molar-refractivity contribution in [2.24, 2.45) is 0 Å². The van der Waals surface area contributed by atoms with Gasteiger partial charge in [-0.3, -0.25) is 4.98 Å². The van der Waals surface area contributed by atoms with E-state index in [2.05, 4.69) is 46.3 Å². The number of nitrogens with one attached hydrogen (secondary N) is 1. The Morgan fingerprint density at radius 3 is 2.58 bits per heavy atom. The third-order valence-corrected chi connectivity index (χ3v) is 3.74. The Labute approximate surface area is 116 Å². The van der Waals surface area contributed by atoms with Gasteiger partial charge in [0.05, 0.1) is 0 Å². The number of nitrogens with zero attached hydrogens (tertiary/aromatic N) is 3. The van der Waals surface area contributed by atoms with Crippen molar-refractivity contribution in [3.05, 3.63) is 24.5 Å². The van der Waals surface area contributed by atoms with Crippen molar-refractivity contribution >= 4 is 5.69 Å². The zero-order valence-electron chi connectivity index (χ0n) is 12.2. The minimum Gasteiger partial charge on any atom is -0.371 e. The second-order valence-electron chi connectivity index (χ2n) is 5.58. The van der Waals surface area contributed by atoms with E-state index in [4.69, 9.17) is 0 Å². The Balaban J connectivity index is 1.65. The van der Waals surface area contributed by atoms with E-state index in [0.717, 1.165) is 19.6 Å². The summed E-state index contributed by atoms with van der Waals surface area (Å²) in [6.07, 6.45) is 7.47. The standard InChI is InChI=1S/C15H26N4/c1-18(2)11-3-8-17-14-6-12-19(13-7-14)15-4-9-16-10-5-15/h4-5,9-10,14,17H,3,6-8,11-13H2,1-2H3. The molecule has 106 valence electrons. The Morgan fingerprint density at radius 1 is 1.26 bits per heavy atom. The lowest BCUT2D eigenvalue weighted by molar-refractivity contribution is 0.368. The number of anilines is 1. The molecular formula is C15H26N4. The molecular weight excluding hydrogens is 236 g/mol. The number of hydrogen-bond acceptors (Lipinski definition) is 4. The highest BCUT2D eigenvalue weighted by Gasteiger charge is 2.18. The van der Waals surface area contributed by atoms with Crippen LogP contribution in [0.3, 0.4) is 0 Å². The summed E-state index contributed by atoms with van der Waals surface area (Å²) < 4.78 is 0. The minimum absolute atomic E-state index is 0.695. The fourth-order valence-electron chi connectivity index (χ4n) is 2.60. The predicted molar refractivity (Wildman–Crippen MR) is 80.6 cm³/mol. The first-order chi connectivity index (χ1) is 9.25. The monoisotopic (exact) mass is 262 g/mol. The summed E-state index contributed by atoms with van der Waals surface area (Å²) in [5.41, 5.74) is 1.31. The zero-order valence-corrected chi connectivity index (χ0v) is 12.2. The largest absolute Gasteiger partial charge is 0.371 e. The van der Waals surface area contributed by atoms with Gasteiger partial charge in [0.1, 0.15) is 0 Å². The average Bonchev–Trinajstić information content (AvgIpc) is 2.45. The summed E-state index contributed by atoms with van der Waals surface area (Å²) in [4.78, 5) is 8.78. The highest BCUT2D eigenvalue weighted by molar-refractivity contribution is 5.44. The molecule has 4 heteroatoms. The van der Waals surface area contributed by atoms with Crippen molar-refractivity contribution in [1.82, 2.24) is 15.2 Å². The summed E-state index contributed by atoms with van der Waals surface area (Å²) in [6.45, 7) is 4.60. The maximum absolute atomic E-state index is 4.08. The van der Waals surface area contributed by atoms with Gasteiger partial charge in [0.15, 0.2) is 0 Å². The molecule has 0 saturated carbocycles. The normalized spacial score (nSPS) is 17.1. The van der Waals surface area contributed by atoms with E-state index >= 15 is 0 Å². The van der Waals surface area contributed by atoms with Crippen molar-refractivity contribution < 1.29 is 0 Å². The molecule has 1 aromatic heterocycles. The predicted octanol–water partition coefficient (Wildman–Crippen LogP) is 1.59. The highest BCUT2D eigenvalue weighted by atomic mass is 15.1. The number of piperidine rings is 1. The van der Waals surface area contributed by atoms with Crippen molar-refractivity contribution in [3.63, 3.8) is 0 Å². The molecule has 0 spiro atoms. The van der Waals surface area contributed by atoms with Crippen LogP contribution in [0, 0.1) is 0 Å². The summed E-state index contributed by atoms with van der Waals surface area (Å²) in [7, 11) is 4.26. The third-order valence-electron chi connectivity index (χ3n) is 3.74. The van der Waals surface area contributed by atoms with Crippen molar-refractivity contribution in [2.45, 2.75) is 25.3 Å². The highest BCUT2D eigenvalue weighted by Crippen LogP contribution is 2.18. The topological polar surface area (TPSA) is 31.4 Å². The number of rotatable bonds is 6. The third kappa shape index (κ3) is 4.80. The molecule has 2 heterocycles. The molecule has 0 atom stereocenters. The molecule has 1 aromatic rings. The van der Waals surface area contributed by atoms with Crippen LogP contribution in [0.2, 0.25) is 0 Å². The molecule has 0 radical (unpaired) electrons. The van der Waals surface area contributed by atoms with Gasteiger partial charge in [0, 0.05) is 37.2 Å². The van der Waals surface area contributed by atoms with E-state index in [-0.39, 0.29) is 0 Å². The van der Waals surface area contributed by atoms with E-state index in [1.807, 2.05) is 12.4 Å².